The Morgan fingerprint density at radius 1 is 0.764 bits per heavy atom. The molecule has 1 aliphatic heterocycles. The Hall–Kier alpha value is -4.90. The first-order valence-electron chi connectivity index (χ1n) is 17.9. The van der Waals surface area contributed by atoms with Gasteiger partial charge in [0.05, 0.1) is 97.4 Å². The van der Waals surface area contributed by atoms with E-state index < -0.39 is 12.0 Å². The first-order valence-corrected chi connectivity index (χ1v) is 18.3. The van der Waals surface area contributed by atoms with E-state index in [0.717, 1.165) is 16.8 Å². The molecule has 1 atom stereocenters. The molecule has 0 saturated carbocycles. The molecule has 294 valence electrons. The van der Waals surface area contributed by atoms with E-state index in [0.29, 0.717) is 106 Å². The third-order valence-electron chi connectivity index (χ3n) is 8.21. The minimum atomic E-state index is -0.886. The summed E-state index contributed by atoms with van der Waals surface area (Å²) in [5.74, 6) is 1.42. The van der Waals surface area contributed by atoms with Crippen LogP contribution in [0.25, 0.3) is 5.69 Å². The number of hydrogen-bond donors (Lipinski definition) is 2. The lowest BCUT2D eigenvalue weighted by Crippen LogP contribution is -2.17. The minimum absolute atomic E-state index is 0.0176. The molecule has 2 N–H and O–H groups in total. The average Bonchev–Trinajstić information content (AvgIpc) is 3.51. The summed E-state index contributed by atoms with van der Waals surface area (Å²) in [6.07, 6.45) is 0.00793. The number of aromatic nitrogens is 3. The molecule has 0 aliphatic carbocycles. The number of fused-ring (bicyclic) bond motifs is 3. The number of carbonyl (C=O) groups excluding carboxylic acids is 1. The second-order valence-electron chi connectivity index (χ2n) is 12.2. The largest absolute Gasteiger partial charge is 0.497 e. The van der Waals surface area contributed by atoms with Crippen molar-refractivity contribution in [1.82, 2.24) is 14.8 Å². The first kappa shape index (κ1) is 41.3. The second kappa shape index (κ2) is 21.9. The van der Waals surface area contributed by atoms with Crippen LogP contribution in [0.4, 0.5) is 5.69 Å². The number of amides is 1. The van der Waals surface area contributed by atoms with Gasteiger partial charge in [0.2, 0.25) is 5.91 Å². The van der Waals surface area contributed by atoms with Crippen molar-refractivity contribution in [1.29, 1.82) is 0 Å². The molecule has 3 aromatic carbocycles. The molecule has 0 saturated heterocycles. The van der Waals surface area contributed by atoms with Crippen molar-refractivity contribution < 1.29 is 47.9 Å². The highest BCUT2D eigenvalue weighted by atomic mass is 35.5. The van der Waals surface area contributed by atoms with E-state index in [4.69, 9.17) is 54.9 Å². The Labute approximate surface area is 324 Å². The maximum Gasteiger partial charge on any atom is 0.305 e. The fourth-order valence-corrected chi connectivity index (χ4v) is 5.68. The number of nitrogens with one attached hydrogen (secondary N) is 1. The van der Waals surface area contributed by atoms with Gasteiger partial charge in [-0.15, -0.1) is 10.2 Å². The van der Waals surface area contributed by atoms with Crippen LogP contribution in [0.5, 0.6) is 11.5 Å². The van der Waals surface area contributed by atoms with Crippen LogP contribution in [-0.2, 0) is 33.3 Å². The highest BCUT2D eigenvalue weighted by molar-refractivity contribution is 6.30. The molecule has 0 spiro atoms. The summed E-state index contributed by atoms with van der Waals surface area (Å²) in [7, 11) is 1.62. The number of carboxylic acids is 1. The molecule has 0 radical (unpaired) electrons. The van der Waals surface area contributed by atoms with E-state index in [-0.39, 0.29) is 25.4 Å². The van der Waals surface area contributed by atoms with E-state index in [9.17, 15) is 9.59 Å². The van der Waals surface area contributed by atoms with E-state index >= 15 is 0 Å². The second-order valence-corrected chi connectivity index (χ2v) is 12.6. The first-order chi connectivity index (χ1) is 26.8. The van der Waals surface area contributed by atoms with Gasteiger partial charge in [-0.2, -0.15) is 0 Å². The number of aryl methyl sites for hydroxylation is 1. The molecule has 16 heteroatoms. The van der Waals surface area contributed by atoms with Gasteiger partial charge in [-0.25, -0.2) is 0 Å². The van der Waals surface area contributed by atoms with Crippen molar-refractivity contribution in [2.75, 3.05) is 85.1 Å². The number of benzene rings is 3. The zero-order chi connectivity index (χ0) is 38.8. The van der Waals surface area contributed by atoms with Gasteiger partial charge >= 0.3 is 5.97 Å². The van der Waals surface area contributed by atoms with E-state index in [1.54, 1.807) is 31.4 Å². The third-order valence-corrected chi connectivity index (χ3v) is 8.46. The summed E-state index contributed by atoms with van der Waals surface area (Å²) in [5.41, 5.74) is 3.80. The summed E-state index contributed by atoms with van der Waals surface area (Å²) in [6, 6.07) is 19.7. The number of anilines is 1. The molecule has 2 heterocycles. The van der Waals surface area contributed by atoms with Crippen molar-refractivity contribution in [2.24, 2.45) is 4.99 Å². The Morgan fingerprint density at radius 3 is 1.95 bits per heavy atom. The van der Waals surface area contributed by atoms with Crippen LogP contribution in [0.15, 0.2) is 71.7 Å². The van der Waals surface area contributed by atoms with Gasteiger partial charge in [0.25, 0.3) is 0 Å². The molecule has 0 unspecified atom stereocenters. The number of rotatable bonds is 24. The Kier molecular flexibility index (Phi) is 16.4. The summed E-state index contributed by atoms with van der Waals surface area (Å²) in [5, 5.41) is 20.9. The van der Waals surface area contributed by atoms with E-state index in [1.165, 1.54) is 0 Å². The predicted octanol–water partition coefficient (Wildman–Crippen LogP) is 5.10. The van der Waals surface area contributed by atoms with Gasteiger partial charge in [0, 0.05) is 21.8 Å². The van der Waals surface area contributed by atoms with Crippen molar-refractivity contribution >= 4 is 34.9 Å². The number of carboxylic acid groups (broad SMARTS) is 1. The van der Waals surface area contributed by atoms with Gasteiger partial charge in [0.15, 0.2) is 5.82 Å². The lowest BCUT2D eigenvalue weighted by Gasteiger charge is -2.14. The number of hydrogen-bond acceptors (Lipinski definition) is 12. The van der Waals surface area contributed by atoms with E-state index in [1.807, 2.05) is 54.0 Å². The Balaban J connectivity index is 1.02. The highest BCUT2D eigenvalue weighted by Crippen LogP contribution is 2.34. The van der Waals surface area contributed by atoms with Crippen LogP contribution in [0, 0.1) is 6.92 Å². The number of nitrogens with zero attached hydrogens (tertiary/aromatic N) is 4. The molecule has 5 rings (SSSR count). The van der Waals surface area contributed by atoms with Gasteiger partial charge in [-0.05, 0) is 61.5 Å². The number of aliphatic carboxylic acids is 1. The van der Waals surface area contributed by atoms with Crippen molar-refractivity contribution in [3.05, 3.63) is 94.5 Å². The van der Waals surface area contributed by atoms with Crippen molar-refractivity contribution in [3.63, 3.8) is 0 Å². The zero-order valence-electron chi connectivity index (χ0n) is 30.9. The number of methoxy groups -OCH3 is 1. The number of halogens is 1. The molecule has 0 bridgehead atoms. The number of carbonyl (C=O) groups is 2. The standard InChI is InChI=1S/C39H46ClN5O10/c1-27-43-44-39-34(42-38(28-3-5-29(40)6-4-28)33-25-32(49-2)11-12-35(33)45(27)39)26-36(46)41-30-7-9-31(10-8-30)55-24-23-54-22-21-53-20-19-52-18-17-51-16-15-50-14-13-37(47)48/h3-12,25,34H,13-24,26H2,1-2H3,(H,41,46)(H,47,48)/t34-/m0/s1. The van der Waals surface area contributed by atoms with Gasteiger partial charge in [0.1, 0.15) is 30.0 Å². The van der Waals surface area contributed by atoms with Crippen LogP contribution in [0.1, 0.15) is 41.7 Å². The molecule has 1 aliphatic rings. The monoisotopic (exact) mass is 779 g/mol. The van der Waals surface area contributed by atoms with Crippen LogP contribution >= 0.6 is 11.6 Å². The van der Waals surface area contributed by atoms with Gasteiger partial charge in [-0.3, -0.25) is 19.1 Å². The normalized spacial score (nSPS) is 13.4. The minimum Gasteiger partial charge on any atom is -0.497 e. The predicted molar refractivity (Wildman–Crippen MR) is 204 cm³/mol. The molecule has 1 amide bonds. The third kappa shape index (κ3) is 12.8. The summed E-state index contributed by atoms with van der Waals surface area (Å²) < 4.78 is 40.3. The molecule has 0 fully saturated rings. The number of ether oxygens (including phenoxy) is 7. The zero-order valence-corrected chi connectivity index (χ0v) is 31.7. The summed E-state index contributed by atoms with van der Waals surface area (Å²) >= 11 is 6.21. The van der Waals surface area contributed by atoms with Crippen LogP contribution in [-0.4, -0.2) is 117 Å². The topological polar surface area (TPSA) is 174 Å². The molecular formula is C39H46ClN5O10. The molecule has 15 nitrogen and oxygen atoms in total. The highest BCUT2D eigenvalue weighted by Gasteiger charge is 2.30. The lowest BCUT2D eigenvalue weighted by molar-refractivity contribution is -0.138. The quantitative estimate of drug-likeness (QED) is 0.0903. The van der Waals surface area contributed by atoms with Crippen LogP contribution in [0.2, 0.25) is 5.02 Å². The fraction of sp³-hybridized carbons (Fsp3) is 0.410. The molecule has 1 aromatic heterocycles. The Bertz CT molecular complexity index is 1850. The van der Waals surface area contributed by atoms with Crippen LogP contribution in [0.3, 0.4) is 0 Å². The fourth-order valence-electron chi connectivity index (χ4n) is 5.56. The Morgan fingerprint density at radius 2 is 1.35 bits per heavy atom. The van der Waals surface area contributed by atoms with Gasteiger partial charge in [-0.1, -0.05) is 23.7 Å². The van der Waals surface area contributed by atoms with Crippen molar-refractivity contribution in [3.8, 4) is 17.2 Å². The van der Waals surface area contributed by atoms with Crippen molar-refractivity contribution in [2.45, 2.75) is 25.8 Å². The lowest BCUT2D eigenvalue weighted by atomic mass is 10.00. The van der Waals surface area contributed by atoms with Gasteiger partial charge < -0.3 is 43.6 Å². The van der Waals surface area contributed by atoms with E-state index in [2.05, 4.69) is 15.5 Å². The molecular weight excluding hydrogens is 734 g/mol. The molecule has 4 aromatic rings. The number of aliphatic imine (C=N–C) groups is 1. The molecule has 55 heavy (non-hydrogen) atoms. The summed E-state index contributed by atoms with van der Waals surface area (Å²) in [6.45, 7) is 6.08. The SMILES string of the molecule is COc1ccc2c(c1)C(c1ccc(Cl)cc1)=N[C@@H](CC(=O)Nc1ccc(OCCOCCOCCOCCOCCOCCC(=O)O)cc1)c1nnc(C)n1-2. The average molecular weight is 780 g/mol. The summed E-state index contributed by atoms with van der Waals surface area (Å²) in [4.78, 5) is 29.0. The van der Waals surface area contributed by atoms with Crippen LogP contribution < -0.4 is 14.8 Å². The maximum atomic E-state index is 13.5. The maximum absolute atomic E-state index is 13.5. The smallest absolute Gasteiger partial charge is 0.305 e.